The van der Waals surface area contributed by atoms with Crippen molar-refractivity contribution in [2.24, 2.45) is 7.05 Å². The maximum atomic E-state index is 5.89. The monoisotopic (exact) mass is 236 g/mol. The van der Waals surface area contributed by atoms with Crippen LogP contribution in [0.1, 0.15) is 0 Å². The second kappa shape index (κ2) is 4.14. The second-order valence-corrected chi connectivity index (χ2v) is 4.21. The van der Waals surface area contributed by atoms with Crippen LogP contribution in [0.15, 0.2) is 24.7 Å². The van der Waals surface area contributed by atoms with E-state index in [0.717, 1.165) is 16.8 Å². The fourth-order valence-corrected chi connectivity index (χ4v) is 1.73. The molecular weight excluding hydrogens is 224 g/mol. The van der Waals surface area contributed by atoms with Crippen molar-refractivity contribution in [3.8, 4) is 11.1 Å². The molecule has 0 radical (unpaired) electrons. The van der Waals surface area contributed by atoms with E-state index in [-0.39, 0.29) is 0 Å². The largest absolute Gasteiger partial charge is 0.377 e. The summed E-state index contributed by atoms with van der Waals surface area (Å²) < 4.78 is 1.77. The van der Waals surface area contributed by atoms with E-state index in [2.05, 4.69) is 10.1 Å². The molecule has 0 aromatic carbocycles. The summed E-state index contributed by atoms with van der Waals surface area (Å²) in [6.07, 6.45) is 5.55. The Bertz CT molecular complexity index is 504. The van der Waals surface area contributed by atoms with Gasteiger partial charge in [-0.3, -0.25) is 4.68 Å². The van der Waals surface area contributed by atoms with E-state index in [9.17, 15) is 0 Å². The van der Waals surface area contributed by atoms with E-state index in [0.29, 0.717) is 5.15 Å². The first-order valence-electron chi connectivity index (χ1n) is 4.90. The zero-order valence-corrected chi connectivity index (χ0v) is 10.2. The molecule has 2 aromatic heterocycles. The maximum Gasteiger partial charge on any atom is 0.131 e. The molecule has 0 saturated heterocycles. The minimum Gasteiger partial charge on any atom is -0.377 e. The van der Waals surface area contributed by atoms with Crippen LogP contribution in [0.2, 0.25) is 5.15 Å². The Balaban J connectivity index is 2.56. The van der Waals surface area contributed by atoms with E-state index in [1.54, 1.807) is 10.9 Å². The lowest BCUT2D eigenvalue weighted by Crippen LogP contribution is -2.10. The maximum absolute atomic E-state index is 5.89. The number of anilines is 1. The minimum absolute atomic E-state index is 0.497. The summed E-state index contributed by atoms with van der Waals surface area (Å²) in [4.78, 5) is 6.12. The molecule has 84 valence electrons. The van der Waals surface area contributed by atoms with Gasteiger partial charge in [0, 0.05) is 50.4 Å². The van der Waals surface area contributed by atoms with Gasteiger partial charge in [-0.15, -0.1) is 0 Å². The molecule has 0 spiro atoms. The van der Waals surface area contributed by atoms with Crippen molar-refractivity contribution in [1.82, 2.24) is 14.8 Å². The van der Waals surface area contributed by atoms with Gasteiger partial charge in [0.15, 0.2) is 0 Å². The summed E-state index contributed by atoms with van der Waals surface area (Å²) in [5.41, 5.74) is 3.10. The van der Waals surface area contributed by atoms with Crippen molar-refractivity contribution < 1.29 is 0 Å². The fourth-order valence-electron chi connectivity index (χ4n) is 1.57. The number of rotatable bonds is 2. The Hall–Kier alpha value is -1.55. The zero-order chi connectivity index (χ0) is 11.7. The standard InChI is InChI=1S/C11H13ClN4/c1-15(2)10-4-11(12)13-6-9(10)8-5-14-16(3)7-8/h4-7H,1-3H3. The van der Waals surface area contributed by atoms with E-state index >= 15 is 0 Å². The lowest BCUT2D eigenvalue weighted by molar-refractivity contribution is 0.768. The van der Waals surface area contributed by atoms with Crippen LogP contribution in [0.5, 0.6) is 0 Å². The molecule has 0 saturated carbocycles. The van der Waals surface area contributed by atoms with E-state index < -0.39 is 0 Å². The van der Waals surface area contributed by atoms with Gasteiger partial charge in [0.1, 0.15) is 5.15 Å². The summed E-state index contributed by atoms with van der Waals surface area (Å²) >= 11 is 5.89. The van der Waals surface area contributed by atoms with Crippen LogP contribution in [0.25, 0.3) is 11.1 Å². The Morgan fingerprint density at radius 3 is 2.62 bits per heavy atom. The Morgan fingerprint density at radius 2 is 2.06 bits per heavy atom. The van der Waals surface area contributed by atoms with Crippen LogP contribution in [-0.2, 0) is 7.05 Å². The highest BCUT2D eigenvalue weighted by molar-refractivity contribution is 6.29. The van der Waals surface area contributed by atoms with Gasteiger partial charge < -0.3 is 4.90 Å². The van der Waals surface area contributed by atoms with Gasteiger partial charge in [-0.1, -0.05) is 11.6 Å². The Kier molecular flexibility index (Phi) is 2.83. The lowest BCUT2D eigenvalue weighted by atomic mass is 10.1. The average Bonchev–Trinajstić information content (AvgIpc) is 2.64. The van der Waals surface area contributed by atoms with Crippen molar-refractivity contribution >= 4 is 17.3 Å². The fraction of sp³-hybridized carbons (Fsp3) is 0.273. The number of aromatic nitrogens is 3. The summed E-state index contributed by atoms with van der Waals surface area (Å²) in [5.74, 6) is 0. The number of pyridine rings is 1. The van der Waals surface area contributed by atoms with E-state index in [1.807, 2.05) is 44.5 Å². The Labute approximate surface area is 99.5 Å². The molecule has 2 aromatic rings. The molecule has 16 heavy (non-hydrogen) atoms. The van der Waals surface area contributed by atoms with Crippen molar-refractivity contribution in [2.75, 3.05) is 19.0 Å². The highest BCUT2D eigenvalue weighted by Crippen LogP contribution is 2.30. The molecular formula is C11H13ClN4. The van der Waals surface area contributed by atoms with Crippen molar-refractivity contribution in [3.63, 3.8) is 0 Å². The predicted octanol–water partition coefficient (Wildman–Crippen LogP) is 2.20. The highest BCUT2D eigenvalue weighted by Gasteiger charge is 2.10. The lowest BCUT2D eigenvalue weighted by Gasteiger charge is -2.16. The number of hydrogen-bond acceptors (Lipinski definition) is 3. The zero-order valence-electron chi connectivity index (χ0n) is 9.48. The summed E-state index contributed by atoms with van der Waals surface area (Å²) in [6.45, 7) is 0. The van der Waals surface area contributed by atoms with Crippen LogP contribution >= 0.6 is 11.6 Å². The first kappa shape index (κ1) is 11.0. The van der Waals surface area contributed by atoms with Gasteiger partial charge in [-0.2, -0.15) is 5.10 Å². The molecule has 2 heterocycles. The molecule has 0 bridgehead atoms. The molecule has 0 aliphatic carbocycles. The topological polar surface area (TPSA) is 34.0 Å². The Morgan fingerprint density at radius 1 is 1.31 bits per heavy atom. The van der Waals surface area contributed by atoms with Gasteiger partial charge in [0.25, 0.3) is 0 Å². The second-order valence-electron chi connectivity index (χ2n) is 3.82. The van der Waals surface area contributed by atoms with Gasteiger partial charge in [0.2, 0.25) is 0 Å². The first-order valence-corrected chi connectivity index (χ1v) is 5.27. The van der Waals surface area contributed by atoms with E-state index in [1.165, 1.54) is 0 Å². The first-order chi connectivity index (χ1) is 7.58. The molecule has 5 heteroatoms. The molecule has 0 unspecified atom stereocenters. The van der Waals surface area contributed by atoms with Crippen molar-refractivity contribution in [1.29, 1.82) is 0 Å². The molecule has 0 aliphatic rings. The molecule has 0 fully saturated rings. The van der Waals surface area contributed by atoms with Gasteiger partial charge in [-0.05, 0) is 6.07 Å². The number of halogens is 1. The third-order valence-electron chi connectivity index (χ3n) is 2.35. The van der Waals surface area contributed by atoms with Gasteiger partial charge >= 0.3 is 0 Å². The van der Waals surface area contributed by atoms with Crippen LogP contribution in [-0.4, -0.2) is 28.9 Å². The number of hydrogen-bond donors (Lipinski definition) is 0. The van der Waals surface area contributed by atoms with Crippen LogP contribution in [0, 0.1) is 0 Å². The summed E-state index contributed by atoms with van der Waals surface area (Å²) in [5, 5.41) is 4.65. The van der Waals surface area contributed by atoms with Crippen molar-refractivity contribution in [2.45, 2.75) is 0 Å². The SMILES string of the molecule is CN(C)c1cc(Cl)ncc1-c1cnn(C)c1. The third kappa shape index (κ3) is 2.02. The van der Waals surface area contributed by atoms with Gasteiger partial charge in [0.05, 0.1) is 6.20 Å². The third-order valence-corrected chi connectivity index (χ3v) is 2.55. The number of aryl methyl sites for hydroxylation is 1. The van der Waals surface area contributed by atoms with Crippen LogP contribution in [0.4, 0.5) is 5.69 Å². The quantitative estimate of drug-likeness (QED) is 0.750. The van der Waals surface area contributed by atoms with Crippen LogP contribution < -0.4 is 4.90 Å². The molecule has 0 N–H and O–H groups in total. The molecule has 4 nitrogen and oxygen atoms in total. The normalized spacial score (nSPS) is 10.5. The smallest absolute Gasteiger partial charge is 0.131 e. The predicted molar refractivity (Wildman–Crippen MR) is 65.8 cm³/mol. The molecule has 0 amide bonds. The van der Waals surface area contributed by atoms with Crippen LogP contribution in [0.3, 0.4) is 0 Å². The van der Waals surface area contributed by atoms with E-state index in [4.69, 9.17) is 11.6 Å². The summed E-state index contributed by atoms with van der Waals surface area (Å²) in [7, 11) is 5.85. The molecule has 0 aliphatic heterocycles. The van der Waals surface area contributed by atoms with Gasteiger partial charge in [-0.25, -0.2) is 4.98 Å². The number of nitrogens with zero attached hydrogens (tertiary/aromatic N) is 4. The molecule has 0 atom stereocenters. The van der Waals surface area contributed by atoms with Crippen molar-refractivity contribution in [3.05, 3.63) is 29.8 Å². The average molecular weight is 237 g/mol. The summed E-state index contributed by atoms with van der Waals surface area (Å²) in [6, 6.07) is 1.85. The molecule has 2 rings (SSSR count). The minimum atomic E-state index is 0.497. The highest BCUT2D eigenvalue weighted by atomic mass is 35.5.